The van der Waals surface area contributed by atoms with Crippen molar-refractivity contribution in [2.24, 2.45) is 0 Å². The predicted molar refractivity (Wildman–Crippen MR) is 97.5 cm³/mol. The molecular formula is C18H19N5OS. The zero-order valence-electron chi connectivity index (χ0n) is 14.1. The minimum atomic E-state index is -0.186. The van der Waals surface area contributed by atoms with Crippen LogP contribution in [0.1, 0.15) is 18.1 Å². The SMILES string of the molecule is Cc1ccc(SC(C)C(=O)NCc2cccnc2-n2cncn2)cc1. The fourth-order valence-corrected chi connectivity index (χ4v) is 3.18. The molecule has 0 radical (unpaired) electrons. The van der Waals surface area contributed by atoms with Crippen LogP contribution in [0.15, 0.2) is 60.1 Å². The van der Waals surface area contributed by atoms with Gasteiger partial charge >= 0.3 is 0 Å². The average molecular weight is 353 g/mol. The largest absolute Gasteiger partial charge is 0.351 e. The normalized spacial score (nSPS) is 11.9. The first kappa shape index (κ1) is 17.2. The van der Waals surface area contributed by atoms with E-state index in [0.717, 1.165) is 10.5 Å². The van der Waals surface area contributed by atoms with Crippen LogP contribution in [0.3, 0.4) is 0 Å². The van der Waals surface area contributed by atoms with E-state index in [9.17, 15) is 4.79 Å². The molecule has 0 saturated heterocycles. The minimum absolute atomic E-state index is 0.0148. The number of hydrogen-bond donors (Lipinski definition) is 1. The number of nitrogens with one attached hydrogen (secondary N) is 1. The van der Waals surface area contributed by atoms with Crippen LogP contribution in [0.2, 0.25) is 0 Å². The molecular weight excluding hydrogens is 334 g/mol. The van der Waals surface area contributed by atoms with Crippen molar-refractivity contribution < 1.29 is 4.79 Å². The summed E-state index contributed by atoms with van der Waals surface area (Å²) in [4.78, 5) is 21.7. The Labute approximate surface area is 150 Å². The Morgan fingerprint density at radius 3 is 2.80 bits per heavy atom. The van der Waals surface area contributed by atoms with E-state index < -0.39 is 0 Å². The lowest BCUT2D eigenvalue weighted by molar-refractivity contribution is -0.120. The highest BCUT2D eigenvalue weighted by Gasteiger charge is 2.15. The van der Waals surface area contributed by atoms with E-state index in [4.69, 9.17) is 0 Å². The molecule has 0 fully saturated rings. The second kappa shape index (κ2) is 7.94. The lowest BCUT2D eigenvalue weighted by atomic mass is 10.2. The highest BCUT2D eigenvalue weighted by molar-refractivity contribution is 8.00. The molecule has 0 spiro atoms. The molecule has 128 valence electrons. The molecule has 0 aliphatic heterocycles. The van der Waals surface area contributed by atoms with E-state index >= 15 is 0 Å². The maximum absolute atomic E-state index is 12.4. The molecule has 1 atom stereocenters. The van der Waals surface area contributed by atoms with Gasteiger partial charge in [0.1, 0.15) is 12.7 Å². The number of benzene rings is 1. The van der Waals surface area contributed by atoms with E-state index in [1.54, 1.807) is 29.0 Å². The van der Waals surface area contributed by atoms with Crippen molar-refractivity contribution in [1.29, 1.82) is 0 Å². The third-order valence-corrected chi connectivity index (χ3v) is 4.77. The van der Waals surface area contributed by atoms with Crippen LogP contribution in [0.25, 0.3) is 5.82 Å². The standard InChI is InChI=1S/C18H19N5OS/c1-13-5-7-16(8-6-13)25-14(2)18(24)21-10-15-4-3-9-20-17(15)23-12-19-11-22-23/h3-9,11-12,14H,10H2,1-2H3,(H,21,24). The Morgan fingerprint density at radius 2 is 2.08 bits per heavy atom. The Bertz CT molecular complexity index is 833. The molecule has 25 heavy (non-hydrogen) atoms. The Balaban J connectivity index is 1.62. The summed E-state index contributed by atoms with van der Waals surface area (Å²) in [5, 5.41) is 6.88. The number of thioether (sulfide) groups is 1. The first-order valence-electron chi connectivity index (χ1n) is 7.93. The molecule has 1 N–H and O–H groups in total. The quantitative estimate of drug-likeness (QED) is 0.690. The van der Waals surface area contributed by atoms with E-state index in [1.165, 1.54) is 11.9 Å². The number of nitrogens with zero attached hydrogens (tertiary/aromatic N) is 4. The third-order valence-electron chi connectivity index (χ3n) is 3.66. The molecule has 0 aliphatic rings. The molecule has 0 saturated carbocycles. The molecule has 1 amide bonds. The minimum Gasteiger partial charge on any atom is -0.351 e. The number of aromatic nitrogens is 4. The smallest absolute Gasteiger partial charge is 0.233 e. The van der Waals surface area contributed by atoms with Crippen molar-refractivity contribution >= 4 is 17.7 Å². The number of rotatable bonds is 6. The fraction of sp³-hybridized carbons (Fsp3) is 0.222. The zero-order valence-corrected chi connectivity index (χ0v) is 14.9. The van der Waals surface area contributed by atoms with Gasteiger partial charge in [0.25, 0.3) is 0 Å². The van der Waals surface area contributed by atoms with Gasteiger partial charge in [0, 0.05) is 23.2 Å². The molecule has 3 rings (SSSR count). The van der Waals surface area contributed by atoms with Gasteiger partial charge in [-0.2, -0.15) is 5.10 Å². The van der Waals surface area contributed by atoms with E-state index in [1.807, 2.05) is 50.2 Å². The Morgan fingerprint density at radius 1 is 1.28 bits per heavy atom. The zero-order chi connectivity index (χ0) is 17.6. The molecule has 1 unspecified atom stereocenters. The summed E-state index contributed by atoms with van der Waals surface area (Å²) in [5.41, 5.74) is 2.09. The number of pyridine rings is 1. The van der Waals surface area contributed by atoms with Gasteiger partial charge in [0.05, 0.1) is 5.25 Å². The van der Waals surface area contributed by atoms with Crippen LogP contribution in [0.5, 0.6) is 0 Å². The molecule has 2 heterocycles. The van der Waals surface area contributed by atoms with Crippen LogP contribution in [-0.4, -0.2) is 30.9 Å². The van der Waals surface area contributed by atoms with Gasteiger partial charge in [-0.3, -0.25) is 4.79 Å². The summed E-state index contributed by atoms with van der Waals surface area (Å²) in [6.07, 6.45) is 4.74. The van der Waals surface area contributed by atoms with Gasteiger partial charge in [0.15, 0.2) is 5.82 Å². The van der Waals surface area contributed by atoms with Gasteiger partial charge in [-0.1, -0.05) is 23.8 Å². The number of carbonyl (C=O) groups is 1. The van der Waals surface area contributed by atoms with Gasteiger partial charge in [-0.15, -0.1) is 11.8 Å². The van der Waals surface area contributed by atoms with Crippen molar-refractivity contribution in [3.05, 3.63) is 66.4 Å². The highest BCUT2D eigenvalue weighted by atomic mass is 32.2. The first-order valence-corrected chi connectivity index (χ1v) is 8.81. The monoisotopic (exact) mass is 353 g/mol. The maximum atomic E-state index is 12.4. The number of aryl methyl sites for hydroxylation is 1. The second-order valence-corrected chi connectivity index (χ2v) is 7.03. The summed E-state index contributed by atoms with van der Waals surface area (Å²) in [6.45, 7) is 4.34. The van der Waals surface area contributed by atoms with Crippen LogP contribution in [0, 0.1) is 6.92 Å². The molecule has 6 nitrogen and oxygen atoms in total. The molecule has 0 aliphatic carbocycles. The molecule has 2 aromatic heterocycles. The summed E-state index contributed by atoms with van der Waals surface area (Å²) < 4.78 is 1.59. The van der Waals surface area contributed by atoms with Gasteiger partial charge in [0.2, 0.25) is 5.91 Å². The number of carbonyl (C=O) groups excluding carboxylic acids is 1. The van der Waals surface area contributed by atoms with Gasteiger partial charge < -0.3 is 5.32 Å². The van der Waals surface area contributed by atoms with Crippen molar-refractivity contribution in [3.63, 3.8) is 0 Å². The molecule has 7 heteroatoms. The number of amides is 1. The Kier molecular flexibility index (Phi) is 5.45. The highest BCUT2D eigenvalue weighted by Crippen LogP contribution is 2.23. The average Bonchev–Trinajstić information content (AvgIpc) is 3.16. The maximum Gasteiger partial charge on any atom is 0.233 e. The van der Waals surface area contributed by atoms with E-state index in [2.05, 4.69) is 20.4 Å². The summed E-state index contributed by atoms with van der Waals surface area (Å²) in [7, 11) is 0. The van der Waals surface area contributed by atoms with E-state index in [-0.39, 0.29) is 11.2 Å². The lowest BCUT2D eigenvalue weighted by Gasteiger charge is -2.13. The van der Waals surface area contributed by atoms with Crippen molar-refractivity contribution in [1.82, 2.24) is 25.1 Å². The second-order valence-electron chi connectivity index (χ2n) is 5.62. The molecule has 1 aromatic carbocycles. The van der Waals surface area contributed by atoms with Crippen molar-refractivity contribution in [2.45, 2.75) is 30.5 Å². The summed E-state index contributed by atoms with van der Waals surface area (Å²) in [5.74, 6) is 0.651. The van der Waals surface area contributed by atoms with Gasteiger partial charge in [-0.05, 0) is 32.0 Å². The van der Waals surface area contributed by atoms with Crippen molar-refractivity contribution in [2.75, 3.05) is 0 Å². The predicted octanol–water partition coefficient (Wildman–Crippen LogP) is 2.77. The third kappa shape index (κ3) is 4.45. The van der Waals surface area contributed by atoms with Gasteiger partial charge in [-0.25, -0.2) is 14.6 Å². The van der Waals surface area contributed by atoms with Crippen LogP contribution in [0.4, 0.5) is 0 Å². The van der Waals surface area contributed by atoms with E-state index in [0.29, 0.717) is 12.4 Å². The summed E-state index contributed by atoms with van der Waals surface area (Å²) >= 11 is 1.54. The topological polar surface area (TPSA) is 72.7 Å². The number of hydrogen-bond acceptors (Lipinski definition) is 5. The fourth-order valence-electron chi connectivity index (χ4n) is 2.29. The summed E-state index contributed by atoms with van der Waals surface area (Å²) in [6, 6.07) is 11.9. The van der Waals surface area contributed by atoms with Crippen LogP contribution < -0.4 is 5.32 Å². The van der Waals surface area contributed by atoms with Crippen LogP contribution in [-0.2, 0) is 11.3 Å². The molecule has 3 aromatic rings. The first-order chi connectivity index (χ1) is 12.1. The lowest BCUT2D eigenvalue weighted by Crippen LogP contribution is -2.30. The van der Waals surface area contributed by atoms with Crippen LogP contribution >= 0.6 is 11.8 Å². The Hall–Kier alpha value is -2.67. The molecule has 0 bridgehead atoms. The van der Waals surface area contributed by atoms with Crippen molar-refractivity contribution in [3.8, 4) is 5.82 Å².